The van der Waals surface area contributed by atoms with Gasteiger partial charge in [-0.05, 0) is 95.4 Å². The summed E-state index contributed by atoms with van der Waals surface area (Å²) in [5.41, 5.74) is 17.6. The number of fused-ring (bicyclic) bond motifs is 5. The minimum atomic E-state index is -0.0475. The lowest BCUT2D eigenvalue weighted by atomic mass is 9.82. The van der Waals surface area contributed by atoms with Crippen molar-refractivity contribution in [1.82, 2.24) is 9.97 Å². The second-order valence-electron chi connectivity index (χ2n) is 16.2. The van der Waals surface area contributed by atoms with Gasteiger partial charge in [0.2, 0.25) is 0 Å². The van der Waals surface area contributed by atoms with Gasteiger partial charge in [-0.15, -0.1) is 0 Å². The SMILES string of the molecule is CC1(C)c2ccccc2-c2c(-c3cccc(-c4ccc(-c5cc(-c6ccc(-c7ccc8ccccc8c7)cc6)nc(-c6ccccc6)n5)c5ccccc45)c3)cccc21. The van der Waals surface area contributed by atoms with E-state index in [1.54, 1.807) is 0 Å². The fraction of sp³-hybridized carbons (Fsp3) is 0.0526. The summed E-state index contributed by atoms with van der Waals surface area (Å²) in [7, 11) is 0. The molecule has 1 heterocycles. The second-order valence-corrected chi connectivity index (χ2v) is 16.2. The Hall–Kier alpha value is -7.42. The van der Waals surface area contributed by atoms with Crippen LogP contribution < -0.4 is 0 Å². The molecule has 59 heavy (non-hydrogen) atoms. The van der Waals surface area contributed by atoms with Crippen LogP contribution >= 0.6 is 0 Å². The minimum absolute atomic E-state index is 0.0475. The van der Waals surface area contributed by atoms with Crippen LogP contribution in [0.3, 0.4) is 0 Å². The molecule has 1 aliphatic carbocycles. The van der Waals surface area contributed by atoms with Gasteiger partial charge in [-0.25, -0.2) is 9.97 Å². The number of aromatic nitrogens is 2. The molecule has 0 N–H and O–H groups in total. The third-order valence-electron chi connectivity index (χ3n) is 12.3. The first-order valence-corrected chi connectivity index (χ1v) is 20.4. The van der Waals surface area contributed by atoms with E-state index >= 15 is 0 Å². The number of rotatable bonds is 6. The van der Waals surface area contributed by atoms with E-state index in [2.05, 4.69) is 202 Å². The Kier molecular flexibility index (Phi) is 8.20. The third-order valence-corrected chi connectivity index (χ3v) is 12.3. The lowest BCUT2D eigenvalue weighted by Crippen LogP contribution is -2.14. The Labute approximate surface area is 345 Å². The van der Waals surface area contributed by atoms with E-state index in [-0.39, 0.29) is 5.41 Å². The molecule has 1 aliphatic rings. The Bertz CT molecular complexity index is 3230. The molecule has 0 spiro atoms. The van der Waals surface area contributed by atoms with Gasteiger partial charge < -0.3 is 0 Å². The Morgan fingerprint density at radius 2 is 0.898 bits per heavy atom. The van der Waals surface area contributed by atoms with Crippen LogP contribution in [0.5, 0.6) is 0 Å². The van der Waals surface area contributed by atoms with Crippen molar-refractivity contribution in [2.24, 2.45) is 0 Å². The molecule has 0 atom stereocenters. The van der Waals surface area contributed by atoms with Crippen LogP contribution in [-0.4, -0.2) is 9.97 Å². The molecule has 0 saturated heterocycles. The molecular weight excluding hydrogens is 713 g/mol. The smallest absolute Gasteiger partial charge is 0.160 e. The van der Waals surface area contributed by atoms with E-state index in [0.29, 0.717) is 5.82 Å². The van der Waals surface area contributed by atoms with Crippen LogP contribution in [0.4, 0.5) is 0 Å². The number of benzene rings is 9. The van der Waals surface area contributed by atoms with Crippen LogP contribution in [0.15, 0.2) is 206 Å². The van der Waals surface area contributed by atoms with Gasteiger partial charge in [-0.3, -0.25) is 0 Å². The average Bonchev–Trinajstić information content (AvgIpc) is 3.54. The fourth-order valence-electron chi connectivity index (χ4n) is 9.28. The van der Waals surface area contributed by atoms with E-state index in [1.165, 1.54) is 71.8 Å². The number of hydrogen-bond acceptors (Lipinski definition) is 2. The standard InChI is InChI=1S/C57H40N2/c1-57(2)51-24-11-10-22-50(51)55-46(23-13-25-52(55)57)44-19-12-18-43(35-44)45-32-33-49(48-21-9-8-20-47(45)48)54-36-53(58-56(59-54)40-15-4-3-5-16-40)39-29-26-38(27-30-39)42-31-28-37-14-6-7-17-41(37)34-42/h3-36H,1-2H3. The minimum Gasteiger partial charge on any atom is -0.228 e. The lowest BCUT2D eigenvalue weighted by molar-refractivity contribution is 0.660. The Balaban J connectivity index is 1.01. The summed E-state index contributed by atoms with van der Waals surface area (Å²) in [5.74, 6) is 0.706. The molecule has 2 nitrogen and oxygen atoms in total. The summed E-state index contributed by atoms with van der Waals surface area (Å²) in [5, 5.41) is 4.83. The largest absolute Gasteiger partial charge is 0.228 e. The van der Waals surface area contributed by atoms with Crippen molar-refractivity contribution in [3.63, 3.8) is 0 Å². The highest BCUT2D eigenvalue weighted by Crippen LogP contribution is 2.52. The zero-order chi connectivity index (χ0) is 39.5. The van der Waals surface area contributed by atoms with Gasteiger partial charge in [0.05, 0.1) is 11.4 Å². The lowest BCUT2D eigenvalue weighted by Gasteiger charge is -2.21. The Morgan fingerprint density at radius 1 is 0.322 bits per heavy atom. The maximum absolute atomic E-state index is 5.25. The van der Waals surface area contributed by atoms with Crippen molar-refractivity contribution >= 4 is 21.5 Å². The molecule has 0 aliphatic heterocycles. The molecule has 278 valence electrons. The van der Waals surface area contributed by atoms with E-state index in [0.717, 1.165) is 33.5 Å². The molecule has 9 aromatic carbocycles. The maximum Gasteiger partial charge on any atom is 0.160 e. The molecule has 1 aromatic heterocycles. The third kappa shape index (κ3) is 5.96. The summed E-state index contributed by atoms with van der Waals surface area (Å²) < 4.78 is 0. The monoisotopic (exact) mass is 752 g/mol. The first-order chi connectivity index (χ1) is 29.0. The normalized spacial score (nSPS) is 12.7. The first kappa shape index (κ1) is 34.8. The van der Waals surface area contributed by atoms with E-state index in [4.69, 9.17) is 9.97 Å². The molecule has 0 radical (unpaired) electrons. The van der Waals surface area contributed by atoms with Gasteiger partial charge in [-0.2, -0.15) is 0 Å². The predicted octanol–water partition coefficient (Wildman–Crippen LogP) is 15.1. The quantitative estimate of drug-likeness (QED) is 0.169. The van der Waals surface area contributed by atoms with Crippen LogP contribution in [0.2, 0.25) is 0 Å². The van der Waals surface area contributed by atoms with Gasteiger partial charge in [0, 0.05) is 22.1 Å². The van der Waals surface area contributed by atoms with E-state index in [9.17, 15) is 0 Å². The molecule has 0 bridgehead atoms. The molecule has 0 unspecified atom stereocenters. The van der Waals surface area contributed by atoms with Gasteiger partial charge >= 0.3 is 0 Å². The summed E-state index contributed by atoms with van der Waals surface area (Å²) in [6, 6.07) is 74.4. The predicted molar refractivity (Wildman–Crippen MR) is 247 cm³/mol. The van der Waals surface area contributed by atoms with Gasteiger partial charge in [0.25, 0.3) is 0 Å². The van der Waals surface area contributed by atoms with Crippen molar-refractivity contribution in [2.45, 2.75) is 19.3 Å². The van der Waals surface area contributed by atoms with Crippen molar-refractivity contribution in [1.29, 1.82) is 0 Å². The maximum atomic E-state index is 5.25. The molecule has 0 amide bonds. The molecule has 0 saturated carbocycles. The Morgan fingerprint density at radius 3 is 1.73 bits per heavy atom. The fourth-order valence-corrected chi connectivity index (χ4v) is 9.28. The number of nitrogens with zero attached hydrogens (tertiary/aromatic N) is 2. The second kappa shape index (κ2) is 13.9. The summed E-state index contributed by atoms with van der Waals surface area (Å²) >= 11 is 0. The number of hydrogen-bond donors (Lipinski definition) is 0. The molecule has 0 fully saturated rings. The van der Waals surface area contributed by atoms with E-state index in [1.807, 2.05) is 18.2 Å². The summed E-state index contributed by atoms with van der Waals surface area (Å²) in [6.45, 7) is 4.69. The highest BCUT2D eigenvalue weighted by molar-refractivity contribution is 6.05. The van der Waals surface area contributed by atoms with Gasteiger partial charge in [0.1, 0.15) is 0 Å². The van der Waals surface area contributed by atoms with Crippen LogP contribution in [0.1, 0.15) is 25.0 Å². The van der Waals surface area contributed by atoms with Crippen molar-refractivity contribution in [2.75, 3.05) is 0 Å². The van der Waals surface area contributed by atoms with Crippen molar-refractivity contribution < 1.29 is 0 Å². The van der Waals surface area contributed by atoms with Crippen molar-refractivity contribution in [3.8, 4) is 78.4 Å². The van der Waals surface area contributed by atoms with E-state index < -0.39 is 0 Å². The van der Waals surface area contributed by atoms with Crippen LogP contribution in [-0.2, 0) is 5.41 Å². The zero-order valence-electron chi connectivity index (χ0n) is 33.0. The van der Waals surface area contributed by atoms with Gasteiger partial charge in [0.15, 0.2) is 5.82 Å². The van der Waals surface area contributed by atoms with Crippen LogP contribution in [0, 0.1) is 0 Å². The van der Waals surface area contributed by atoms with Crippen molar-refractivity contribution in [3.05, 3.63) is 217 Å². The highest BCUT2D eigenvalue weighted by Gasteiger charge is 2.36. The molecule has 2 heteroatoms. The molecule has 11 rings (SSSR count). The molecule has 10 aromatic rings. The summed E-state index contributed by atoms with van der Waals surface area (Å²) in [4.78, 5) is 10.4. The summed E-state index contributed by atoms with van der Waals surface area (Å²) in [6.07, 6.45) is 0. The van der Waals surface area contributed by atoms with Gasteiger partial charge in [-0.1, -0.05) is 202 Å². The first-order valence-electron chi connectivity index (χ1n) is 20.4. The highest BCUT2D eigenvalue weighted by atomic mass is 14.9. The molecular formula is C57H40N2. The topological polar surface area (TPSA) is 25.8 Å². The average molecular weight is 753 g/mol. The zero-order valence-corrected chi connectivity index (χ0v) is 33.0. The van der Waals surface area contributed by atoms with Crippen LogP contribution in [0.25, 0.3) is 100.0 Å².